The number of hydrogen-bond donors (Lipinski definition) is 3. The van der Waals surface area contributed by atoms with Gasteiger partial charge in [0.25, 0.3) is 5.91 Å². The molecule has 2 rings (SSSR count). The number of carbonyl (C=O) groups excluding carboxylic acids is 1. The Hall–Kier alpha value is -2.20. The molecule has 10 heteroatoms. The molecule has 0 radical (unpaired) electrons. The first-order valence-corrected chi connectivity index (χ1v) is 6.79. The van der Waals surface area contributed by atoms with Gasteiger partial charge in [0.1, 0.15) is 0 Å². The molecule has 1 aromatic heterocycles. The Morgan fingerprint density at radius 2 is 2.14 bits per heavy atom. The largest absolute Gasteiger partial charge is 0.418 e. The van der Waals surface area contributed by atoms with E-state index in [1.165, 1.54) is 18.3 Å². The van der Waals surface area contributed by atoms with Gasteiger partial charge in [-0.25, -0.2) is 0 Å². The number of anilines is 2. The molecule has 0 aliphatic rings. The van der Waals surface area contributed by atoms with Gasteiger partial charge in [-0.1, -0.05) is 0 Å². The highest BCUT2D eigenvalue weighted by Gasteiger charge is 2.34. The summed E-state index contributed by atoms with van der Waals surface area (Å²) in [6.45, 7) is -0.314. The van der Waals surface area contributed by atoms with Crippen molar-refractivity contribution >= 4 is 29.0 Å². The van der Waals surface area contributed by atoms with E-state index in [4.69, 9.17) is 5.11 Å². The van der Waals surface area contributed by atoms with E-state index >= 15 is 0 Å². The molecule has 6 nitrogen and oxygen atoms in total. The third-order valence-corrected chi connectivity index (χ3v) is 3.08. The number of aliphatic hydroxyl groups is 1. The first kappa shape index (κ1) is 16.2. The summed E-state index contributed by atoms with van der Waals surface area (Å²) in [5.41, 5.74) is -1.09. The molecule has 1 amide bonds. The molecule has 0 saturated heterocycles. The number of aliphatic hydroxyl groups excluding tert-OH is 1. The topological polar surface area (TPSA) is 87.1 Å². The van der Waals surface area contributed by atoms with E-state index in [9.17, 15) is 18.0 Å². The van der Waals surface area contributed by atoms with Crippen LogP contribution in [0.2, 0.25) is 0 Å². The number of alkyl halides is 3. The molecule has 2 aromatic rings. The minimum Gasteiger partial charge on any atom is -0.395 e. The van der Waals surface area contributed by atoms with Gasteiger partial charge >= 0.3 is 6.18 Å². The maximum atomic E-state index is 13.0. The quantitative estimate of drug-likeness (QED) is 0.781. The molecule has 3 N–H and O–H groups in total. The Morgan fingerprint density at radius 1 is 1.36 bits per heavy atom. The van der Waals surface area contributed by atoms with E-state index in [-0.39, 0.29) is 30.2 Å². The van der Waals surface area contributed by atoms with Crippen molar-refractivity contribution in [1.82, 2.24) is 8.75 Å². The lowest BCUT2D eigenvalue weighted by molar-refractivity contribution is -0.136. The Kier molecular flexibility index (Phi) is 4.93. The molecule has 0 spiro atoms. The number of rotatable bonds is 5. The van der Waals surface area contributed by atoms with Crippen LogP contribution in [0.1, 0.15) is 16.1 Å². The normalized spacial score (nSPS) is 11.3. The molecule has 1 aromatic carbocycles. The zero-order valence-corrected chi connectivity index (χ0v) is 11.8. The van der Waals surface area contributed by atoms with Crippen molar-refractivity contribution in [3.63, 3.8) is 0 Å². The minimum atomic E-state index is -4.60. The molecule has 0 aliphatic carbocycles. The zero-order chi connectivity index (χ0) is 16.2. The van der Waals surface area contributed by atoms with Crippen LogP contribution in [0, 0.1) is 0 Å². The van der Waals surface area contributed by atoms with Crippen LogP contribution < -0.4 is 10.6 Å². The minimum absolute atomic E-state index is 0.0140. The summed E-state index contributed by atoms with van der Waals surface area (Å²) in [5.74, 6) is -0.641. The van der Waals surface area contributed by atoms with Gasteiger partial charge in [-0.05, 0) is 18.2 Å². The number of nitrogens with one attached hydrogen (secondary N) is 2. The molecule has 0 fully saturated rings. The van der Waals surface area contributed by atoms with Crippen LogP contribution in [0.15, 0.2) is 24.4 Å². The molecule has 118 valence electrons. The van der Waals surface area contributed by atoms with Gasteiger partial charge in [0.2, 0.25) is 0 Å². The number of benzene rings is 1. The Morgan fingerprint density at radius 3 is 2.73 bits per heavy atom. The number of carbonyl (C=O) groups is 1. The standard InChI is InChI=1S/C12H11F3N4O2S/c13-12(14,15)8-5-7(1-2-9(8)16-3-4-20)18-11(21)10-6-17-22-19-10/h1-2,5-6,16,20H,3-4H2,(H,18,21). The highest BCUT2D eigenvalue weighted by atomic mass is 32.1. The molecule has 1 heterocycles. The summed E-state index contributed by atoms with van der Waals surface area (Å²) < 4.78 is 46.4. The van der Waals surface area contributed by atoms with Gasteiger partial charge in [0, 0.05) is 17.9 Å². The Labute approximate surface area is 127 Å². The summed E-state index contributed by atoms with van der Waals surface area (Å²) in [4.78, 5) is 11.8. The molecule has 0 aliphatic heterocycles. The third kappa shape index (κ3) is 3.92. The van der Waals surface area contributed by atoms with Crippen molar-refractivity contribution < 1.29 is 23.1 Å². The first-order chi connectivity index (χ1) is 10.4. The van der Waals surface area contributed by atoms with E-state index in [2.05, 4.69) is 19.4 Å². The van der Waals surface area contributed by atoms with E-state index < -0.39 is 17.6 Å². The van der Waals surface area contributed by atoms with Crippen molar-refractivity contribution in [2.75, 3.05) is 23.8 Å². The zero-order valence-electron chi connectivity index (χ0n) is 11.0. The predicted molar refractivity (Wildman–Crippen MR) is 74.9 cm³/mol. The average molecular weight is 332 g/mol. The highest BCUT2D eigenvalue weighted by Crippen LogP contribution is 2.36. The summed E-state index contributed by atoms with van der Waals surface area (Å²) >= 11 is 0.823. The first-order valence-electron chi connectivity index (χ1n) is 6.06. The number of nitrogens with zero attached hydrogens (tertiary/aromatic N) is 2. The van der Waals surface area contributed by atoms with Crippen molar-refractivity contribution in [3.05, 3.63) is 35.7 Å². The van der Waals surface area contributed by atoms with Gasteiger partial charge in [-0.15, -0.1) is 0 Å². The fraction of sp³-hybridized carbons (Fsp3) is 0.250. The van der Waals surface area contributed by atoms with Crippen LogP contribution in [0.25, 0.3) is 0 Å². The summed E-state index contributed by atoms with van der Waals surface area (Å²) in [6.07, 6.45) is -3.37. The number of hydrogen-bond acceptors (Lipinski definition) is 6. The second-order valence-corrected chi connectivity index (χ2v) is 4.71. The summed E-state index contributed by atoms with van der Waals surface area (Å²) in [5, 5.41) is 13.5. The van der Waals surface area contributed by atoms with Crippen LogP contribution in [0.5, 0.6) is 0 Å². The van der Waals surface area contributed by atoms with Crippen molar-refractivity contribution in [3.8, 4) is 0 Å². The van der Waals surface area contributed by atoms with E-state index in [0.717, 1.165) is 17.8 Å². The van der Waals surface area contributed by atoms with E-state index in [1.54, 1.807) is 0 Å². The van der Waals surface area contributed by atoms with Gasteiger partial charge in [-0.2, -0.15) is 21.9 Å². The molecule has 22 heavy (non-hydrogen) atoms. The molecule has 0 bridgehead atoms. The van der Waals surface area contributed by atoms with Crippen molar-refractivity contribution in [2.45, 2.75) is 6.18 Å². The lowest BCUT2D eigenvalue weighted by Crippen LogP contribution is -2.16. The maximum Gasteiger partial charge on any atom is 0.418 e. The van der Waals surface area contributed by atoms with Crippen molar-refractivity contribution in [2.24, 2.45) is 0 Å². The second-order valence-electron chi connectivity index (χ2n) is 4.16. The predicted octanol–water partition coefficient (Wildman–Crippen LogP) is 2.21. The SMILES string of the molecule is O=C(Nc1ccc(NCCO)c(C(F)(F)F)c1)c1cnsn1. The van der Waals surface area contributed by atoms with Crippen LogP contribution in [-0.2, 0) is 6.18 Å². The van der Waals surface area contributed by atoms with E-state index in [1.807, 2.05) is 0 Å². The smallest absolute Gasteiger partial charge is 0.395 e. The lowest BCUT2D eigenvalue weighted by Gasteiger charge is -2.15. The Balaban J connectivity index is 2.24. The molecular formula is C12H11F3N4O2S. The monoisotopic (exact) mass is 332 g/mol. The fourth-order valence-electron chi connectivity index (χ4n) is 1.66. The van der Waals surface area contributed by atoms with Crippen LogP contribution in [0.3, 0.4) is 0 Å². The number of aromatic nitrogens is 2. The van der Waals surface area contributed by atoms with Crippen LogP contribution in [-0.4, -0.2) is 32.9 Å². The second kappa shape index (κ2) is 6.71. The molecular weight excluding hydrogens is 321 g/mol. The molecule has 0 saturated carbocycles. The molecule has 0 unspecified atom stereocenters. The van der Waals surface area contributed by atoms with Crippen molar-refractivity contribution in [1.29, 1.82) is 0 Å². The summed E-state index contributed by atoms with van der Waals surface area (Å²) in [7, 11) is 0. The number of amides is 1. The maximum absolute atomic E-state index is 13.0. The third-order valence-electron chi connectivity index (χ3n) is 2.60. The van der Waals surface area contributed by atoms with E-state index in [0.29, 0.717) is 0 Å². The van der Waals surface area contributed by atoms with Gasteiger partial charge in [0.15, 0.2) is 5.69 Å². The Bertz CT molecular complexity index is 646. The fourth-order valence-corrected chi connectivity index (χ4v) is 2.07. The lowest BCUT2D eigenvalue weighted by atomic mass is 10.1. The summed E-state index contributed by atoms with van der Waals surface area (Å²) in [6, 6.07) is 3.33. The number of halogens is 3. The van der Waals surface area contributed by atoms with Gasteiger partial charge in [0.05, 0.1) is 30.1 Å². The van der Waals surface area contributed by atoms with Gasteiger partial charge in [-0.3, -0.25) is 4.79 Å². The highest BCUT2D eigenvalue weighted by molar-refractivity contribution is 6.99. The van der Waals surface area contributed by atoms with Crippen LogP contribution >= 0.6 is 11.7 Å². The van der Waals surface area contributed by atoms with Crippen LogP contribution in [0.4, 0.5) is 24.5 Å². The molecule has 0 atom stereocenters. The van der Waals surface area contributed by atoms with Gasteiger partial charge < -0.3 is 15.7 Å². The average Bonchev–Trinajstić information content (AvgIpc) is 2.99.